The van der Waals surface area contributed by atoms with Crippen molar-refractivity contribution in [1.29, 1.82) is 0 Å². The molecule has 9 nitrogen and oxygen atoms in total. The van der Waals surface area contributed by atoms with Gasteiger partial charge in [0.05, 0.1) is 18.8 Å². The molecular weight excluding hydrogens is 404 g/mol. The van der Waals surface area contributed by atoms with Gasteiger partial charge in [-0.15, -0.1) is 4.36 Å². The normalized spacial score (nSPS) is 23.3. The summed E-state index contributed by atoms with van der Waals surface area (Å²) in [5.41, 5.74) is 5.75. The fraction of sp³-hybridized carbons (Fsp3) is 0.500. The molecule has 1 fully saturated rings. The number of carbonyl (C=O) groups is 1. The van der Waals surface area contributed by atoms with E-state index in [9.17, 15) is 9.00 Å². The first kappa shape index (κ1) is 18.3. The topological polar surface area (TPSA) is 115 Å². The van der Waals surface area contributed by atoms with Crippen LogP contribution >= 0.6 is 0 Å². The Morgan fingerprint density at radius 2 is 1.97 bits per heavy atom. The van der Waals surface area contributed by atoms with Crippen LogP contribution in [0.4, 0.5) is 10.5 Å². The van der Waals surface area contributed by atoms with Gasteiger partial charge in [0.1, 0.15) is 11.5 Å². The highest BCUT2D eigenvalue weighted by atomic mass is 32.2. The number of amides is 2. The lowest BCUT2D eigenvalue weighted by atomic mass is 9.76. The Bertz CT molecular complexity index is 1160. The van der Waals surface area contributed by atoms with Crippen LogP contribution in [0, 0.1) is 0 Å². The molecule has 0 saturated carbocycles. The van der Waals surface area contributed by atoms with E-state index in [0.717, 1.165) is 44.5 Å². The van der Waals surface area contributed by atoms with E-state index in [2.05, 4.69) is 25.7 Å². The molecule has 0 spiro atoms. The van der Waals surface area contributed by atoms with Gasteiger partial charge in [-0.2, -0.15) is 5.10 Å². The number of fused-ring (bicyclic) bond motifs is 3. The minimum atomic E-state index is -3.48. The second-order valence-electron chi connectivity index (χ2n) is 8.47. The van der Waals surface area contributed by atoms with E-state index in [1.807, 2.05) is 0 Å². The zero-order valence-corrected chi connectivity index (χ0v) is 17.4. The number of nitrogens with two attached hydrogens (primary N) is 1. The Labute approximate surface area is 174 Å². The predicted octanol–water partition coefficient (Wildman–Crippen LogP) is 1.48. The van der Waals surface area contributed by atoms with Crippen molar-refractivity contribution < 1.29 is 13.7 Å². The van der Waals surface area contributed by atoms with Crippen LogP contribution in [0.25, 0.3) is 0 Å². The number of anilines is 1. The second kappa shape index (κ2) is 6.53. The molecule has 2 atom stereocenters. The molecule has 158 valence electrons. The number of aromatic nitrogens is 2. The van der Waals surface area contributed by atoms with E-state index in [-0.39, 0.29) is 10.9 Å². The molecule has 1 aromatic heterocycles. The molecule has 30 heavy (non-hydrogen) atoms. The lowest BCUT2D eigenvalue weighted by Gasteiger charge is -2.40. The molecule has 1 aromatic carbocycles. The zero-order chi connectivity index (χ0) is 20.5. The van der Waals surface area contributed by atoms with E-state index in [1.165, 1.54) is 34.9 Å². The molecule has 0 radical (unpaired) electrons. The van der Waals surface area contributed by atoms with Crippen molar-refractivity contribution in [1.82, 2.24) is 14.7 Å². The molecule has 0 bridgehead atoms. The number of urea groups is 1. The summed E-state index contributed by atoms with van der Waals surface area (Å²) in [5, 5.41) is 13.2. The highest BCUT2D eigenvalue weighted by Crippen LogP contribution is 2.40. The third kappa shape index (κ3) is 2.78. The maximum atomic E-state index is 13.1. The summed E-state index contributed by atoms with van der Waals surface area (Å²) in [5.74, 6) is 0.351. The highest BCUT2D eigenvalue weighted by Gasteiger charge is 2.33. The lowest BCUT2D eigenvalue weighted by molar-refractivity contribution is 0.0417. The Kier molecular flexibility index (Phi) is 4.00. The minimum Gasteiger partial charge on any atom is -0.475 e. The van der Waals surface area contributed by atoms with Gasteiger partial charge in [0.2, 0.25) is 5.88 Å². The quantitative estimate of drug-likeness (QED) is 0.768. The third-order valence-electron chi connectivity index (χ3n) is 6.74. The van der Waals surface area contributed by atoms with Crippen LogP contribution in [0.3, 0.4) is 0 Å². The number of hydrogen-bond acceptors (Lipinski definition) is 5. The van der Waals surface area contributed by atoms with Gasteiger partial charge in [0.15, 0.2) is 9.92 Å². The van der Waals surface area contributed by atoms with Crippen LogP contribution in [0.1, 0.15) is 28.7 Å². The van der Waals surface area contributed by atoms with Crippen LogP contribution in [0.2, 0.25) is 0 Å². The average Bonchev–Trinajstić information content (AvgIpc) is 3.01. The minimum absolute atomic E-state index is 0.175. The summed E-state index contributed by atoms with van der Waals surface area (Å²) in [7, 11) is -3.48. The first-order chi connectivity index (χ1) is 14.5. The van der Waals surface area contributed by atoms with E-state index in [4.69, 9.17) is 9.88 Å². The number of aryl methyl sites for hydroxylation is 2. The van der Waals surface area contributed by atoms with Gasteiger partial charge < -0.3 is 10.1 Å². The lowest BCUT2D eigenvalue weighted by Crippen LogP contribution is -2.51. The number of carbonyl (C=O) groups excluding carboxylic acids is 1. The van der Waals surface area contributed by atoms with Crippen molar-refractivity contribution >= 4 is 21.6 Å². The Hall–Kier alpha value is -2.43. The molecular formula is C20H24N6O3S. The van der Waals surface area contributed by atoms with Crippen LogP contribution in [-0.4, -0.2) is 50.7 Å². The van der Waals surface area contributed by atoms with Gasteiger partial charge in [-0.3, -0.25) is 4.90 Å². The average molecular weight is 429 g/mol. The molecule has 4 aliphatic rings. The largest absolute Gasteiger partial charge is 0.475 e. The first-order valence-corrected chi connectivity index (χ1v) is 12.0. The Morgan fingerprint density at radius 3 is 2.57 bits per heavy atom. The third-order valence-corrected chi connectivity index (χ3v) is 8.09. The summed E-state index contributed by atoms with van der Waals surface area (Å²) in [6.45, 7) is 3.27. The van der Waals surface area contributed by atoms with Crippen LogP contribution < -0.4 is 15.2 Å². The number of nitrogens with zero attached hydrogens (tertiary/aromatic N) is 4. The molecule has 2 amide bonds. The van der Waals surface area contributed by atoms with Crippen molar-refractivity contribution in [3.05, 3.63) is 34.5 Å². The monoisotopic (exact) mass is 428 g/mol. The van der Waals surface area contributed by atoms with Crippen LogP contribution in [-0.2, 0) is 42.1 Å². The maximum Gasteiger partial charge on any atom is 0.354 e. The molecule has 2 aliphatic heterocycles. The summed E-state index contributed by atoms with van der Waals surface area (Å²) < 4.78 is 24.5. The van der Waals surface area contributed by atoms with E-state index < -0.39 is 15.9 Å². The van der Waals surface area contributed by atoms with Gasteiger partial charge in [-0.1, -0.05) is 6.07 Å². The van der Waals surface area contributed by atoms with Gasteiger partial charge in [-0.25, -0.2) is 18.8 Å². The molecule has 2 aliphatic carbocycles. The van der Waals surface area contributed by atoms with Gasteiger partial charge in [0.25, 0.3) is 0 Å². The van der Waals surface area contributed by atoms with Crippen molar-refractivity contribution in [3.63, 3.8) is 0 Å². The SMILES string of the molecule is NS(=O)(=NC(=O)Nc1c2c(cc3c1CC3)CC2)c1cnn2c1OCC(N1CCC1)C2. The number of ether oxygens (including phenoxy) is 1. The number of rotatable bonds is 3. The standard InChI is InChI=1S/C20H24N6O3S/c21-30(28,17-9-22-26-10-14(11-29-19(17)26)25-6-1-7-25)24-20(27)23-18-15-4-2-12(15)8-13-3-5-16(13)18/h8-9,14H,1-7,10-11H2,(H3,21,23,24,27,28). The molecule has 2 unspecified atom stereocenters. The highest BCUT2D eigenvalue weighted by molar-refractivity contribution is 7.91. The number of benzene rings is 1. The second-order valence-corrected chi connectivity index (χ2v) is 10.2. The molecule has 3 heterocycles. The van der Waals surface area contributed by atoms with E-state index in [1.54, 1.807) is 4.68 Å². The molecule has 10 heteroatoms. The van der Waals surface area contributed by atoms with Crippen molar-refractivity contribution in [2.24, 2.45) is 9.50 Å². The smallest absolute Gasteiger partial charge is 0.354 e. The van der Waals surface area contributed by atoms with Gasteiger partial charge in [0, 0.05) is 5.69 Å². The Balaban J connectivity index is 1.26. The Morgan fingerprint density at radius 1 is 1.23 bits per heavy atom. The van der Waals surface area contributed by atoms with Gasteiger partial charge in [-0.05, 0) is 67.4 Å². The van der Waals surface area contributed by atoms with E-state index in [0.29, 0.717) is 19.0 Å². The number of hydrogen-bond donors (Lipinski definition) is 2. The van der Waals surface area contributed by atoms with Crippen LogP contribution in [0.5, 0.6) is 5.88 Å². The van der Waals surface area contributed by atoms with E-state index >= 15 is 0 Å². The maximum absolute atomic E-state index is 13.1. The first-order valence-electron chi connectivity index (χ1n) is 10.4. The zero-order valence-electron chi connectivity index (χ0n) is 16.6. The molecule has 3 N–H and O–H groups in total. The van der Waals surface area contributed by atoms with Gasteiger partial charge >= 0.3 is 6.03 Å². The summed E-state index contributed by atoms with van der Waals surface area (Å²) >= 11 is 0. The number of likely N-dealkylation sites (tertiary alicyclic amines) is 1. The predicted molar refractivity (Wildman–Crippen MR) is 111 cm³/mol. The van der Waals surface area contributed by atoms with Crippen molar-refractivity contribution in [3.8, 4) is 5.88 Å². The summed E-state index contributed by atoms with van der Waals surface area (Å²) in [6.07, 6.45) is 6.57. The molecule has 1 saturated heterocycles. The fourth-order valence-electron chi connectivity index (χ4n) is 4.71. The van der Waals surface area contributed by atoms with Crippen molar-refractivity contribution in [2.45, 2.75) is 49.6 Å². The van der Waals surface area contributed by atoms with Crippen LogP contribution in [0.15, 0.2) is 21.5 Å². The number of nitrogens with one attached hydrogen (secondary N) is 1. The summed E-state index contributed by atoms with van der Waals surface area (Å²) in [4.78, 5) is 15.2. The fourth-order valence-corrected chi connectivity index (χ4v) is 5.71. The molecule has 6 rings (SSSR count). The molecule has 2 aromatic rings. The summed E-state index contributed by atoms with van der Waals surface area (Å²) in [6, 6.07) is 1.80. The van der Waals surface area contributed by atoms with Crippen molar-refractivity contribution in [2.75, 3.05) is 25.0 Å².